The maximum absolute atomic E-state index is 11.9. The fourth-order valence-electron chi connectivity index (χ4n) is 2.26. The van der Waals surface area contributed by atoms with Crippen molar-refractivity contribution in [3.63, 3.8) is 0 Å². The average Bonchev–Trinajstić information content (AvgIpc) is 2.33. The Morgan fingerprint density at radius 2 is 1.94 bits per heavy atom. The lowest BCUT2D eigenvalue weighted by molar-refractivity contribution is 0.176. The van der Waals surface area contributed by atoms with Gasteiger partial charge in [-0.25, -0.2) is 4.79 Å². The minimum absolute atomic E-state index is 0.0762. The minimum atomic E-state index is 0.0762. The molecule has 2 amide bonds. The van der Waals surface area contributed by atoms with Crippen molar-refractivity contribution in [3.05, 3.63) is 0 Å². The molecule has 0 aromatic carbocycles. The Hall–Kier alpha value is -0.810. The molecule has 17 heavy (non-hydrogen) atoms. The van der Waals surface area contributed by atoms with Gasteiger partial charge in [0.05, 0.1) is 0 Å². The molecule has 0 radical (unpaired) electrons. The van der Waals surface area contributed by atoms with Gasteiger partial charge in [0.2, 0.25) is 0 Å². The first-order valence-corrected chi connectivity index (χ1v) is 6.69. The Balaban J connectivity index is 2.27. The third-order valence-corrected chi connectivity index (χ3v) is 3.41. The van der Waals surface area contributed by atoms with E-state index in [0.29, 0.717) is 6.04 Å². The van der Waals surface area contributed by atoms with Crippen LogP contribution in [0.25, 0.3) is 0 Å². The van der Waals surface area contributed by atoms with Gasteiger partial charge in [-0.05, 0) is 26.7 Å². The molecule has 0 saturated carbocycles. The number of rotatable bonds is 5. The zero-order valence-electron chi connectivity index (χ0n) is 11.1. The first-order chi connectivity index (χ1) is 8.21. The van der Waals surface area contributed by atoms with Crippen molar-refractivity contribution in [2.45, 2.75) is 32.7 Å². The van der Waals surface area contributed by atoms with Crippen LogP contribution in [0.15, 0.2) is 0 Å². The van der Waals surface area contributed by atoms with Crippen LogP contribution in [0.5, 0.6) is 0 Å². The maximum Gasteiger partial charge on any atom is 0.317 e. The summed E-state index contributed by atoms with van der Waals surface area (Å²) in [6, 6.07) is 0.407. The number of urea groups is 1. The van der Waals surface area contributed by atoms with Crippen molar-refractivity contribution < 1.29 is 4.79 Å². The van der Waals surface area contributed by atoms with Crippen LogP contribution in [0.3, 0.4) is 0 Å². The van der Waals surface area contributed by atoms with E-state index >= 15 is 0 Å². The highest BCUT2D eigenvalue weighted by atomic mass is 16.2. The maximum atomic E-state index is 11.9. The van der Waals surface area contributed by atoms with E-state index in [1.807, 2.05) is 18.7 Å². The lowest BCUT2D eigenvalue weighted by Crippen LogP contribution is -2.49. The molecule has 0 atom stereocenters. The summed E-state index contributed by atoms with van der Waals surface area (Å²) in [5.41, 5.74) is 5.53. The van der Waals surface area contributed by atoms with Crippen LogP contribution in [0, 0.1) is 0 Å². The molecule has 1 aliphatic rings. The van der Waals surface area contributed by atoms with E-state index < -0.39 is 0 Å². The number of piperidine rings is 1. The van der Waals surface area contributed by atoms with Gasteiger partial charge in [-0.3, -0.25) is 0 Å². The predicted molar refractivity (Wildman–Crippen MR) is 70.0 cm³/mol. The van der Waals surface area contributed by atoms with Gasteiger partial charge in [-0.1, -0.05) is 0 Å². The molecule has 1 heterocycles. The largest absolute Gasteiger partial charge is 0.335 e. The molecule has 0 aromatic heterocycles. The van der Waals surface area contributed by atoms with Crippen LogP contribution < -0.4 is 11.1 Å². The second-order valence-corrected chi connectivity index (χ2v) is 4.53. The van der Waals surface area contributed by atoms with Crippen LogP contribution in [0.4, 0.5) is 4.79 Å². The summed E-state index contributed by atoms with van der Waals surface area (Å²) in [5.74, 6) is 0. The lowest BCUT2D eigenvalue weighted by atomic mass is 10.1. The molecule has 0 spiro atoms. The number of likely N-dealkylation sites (tertiary alicyclic amines) is 1. The zero-order chi connectivity index (χ0) is 12.7. The third-order valence-electron chi connectivity index (χ3n) is 3.41. The molecular weight excluding hydrogens is 216 g/mol. The molecule has 5 nitrogen and oxygen atoms in total. The van der Waals surface area contributed by atoms with Gasteiger partial charge in [0.1, 0.15) is 0 Å². The highest BCUT2D eigenvalue weighted by molar-refractivity contribution is 5.74. The molecule has 0 aromatic rings. The molecule has 0 bridgehead atoms. The Bertz CT molecular complexity index is 223. The minimum Gasteiger partial charge on any atom is -0.335 e. The summed E-state index contributed by atoms with van der Waals surface area (Å²) < 4.78 is 0. The predicted octanol–water partition coefficient (Wildman–Crippen LogP) is 0.461. The Morgan fingerprint density at radius 1 is 1.35 bits per heavy atom. The molecule has 1 aliphatic heterocycles. The van der Waals surface area contributed by atoms with Crippen LogP contribution in [-0.4, -0.2) is 61.1 Å². The molecule has 1 fully saturated rings. The van der Waals surface area contributed by atoms with Gasteiger partial charge in [0, 0.05) is 45.3 Å². The Kier molecular flexibility index (Phi) is 6.29. The van der Waals surface area contributed by atoms with Gasteiger partial charge < -0.3 is 20.9 Å². The van der Waals surface area contributed by atoms with Crippen LogP contribution >= 0.6 is 0 Å². The molecule has 0 unspecified atom stereocenters. The molecule has 1 saturated heterocycles. The first-order valence-electron chi connectivity index (χ1n) is 6.69. The van der Waals surface area contributed by atoms with Crippen molar-refractivity contribution in [1.29, 1.82) is 0 Å². The van der Waals surface area contributed by atoms with Gasteiger partial charge in [-0.15, -0.1) is 0 Å². The van der Waals surface area contributed by atoms with Gasteiger partial charge >= 0.3 is 6.03 Å². The summed E-state index contributed by atoms with van der Waals surface area (Å²) in [6.07, 6.45) is 2.07. The lowest BCUT2D eigenvalue weighted by Gasteiger charge is -2.33. The van der Waals surface area contributed by atoms with Crippen molar-refractivity contribution in [1.82, 2.24) is 15.1 Å². The highest BCUT2D eigenvalue weighted by Crippen LogP contribution is 2.10. The van der Waals surface area contributed by atoms with Gasteiger partial charge in [0.25, 0.3) is 0 Å². The van der Waals surface area contributed by atoms with Crippen molar-refractivity contribution >= 4 is 6.03 Å². The first kappa shape index (κ1) is 14.3. The fraction of sp³-hybridized carbons (Fsp3) is 0.917. The monoisotopic (exact) mass is 242 g/mol. The van der Waals surface area contributed by atoms with Crippen LogP contribution in [-0.2, 0) is 0 Å². The Labute approximate surface area is 104 Å². The molecule has 3 N–H and O–H groups in total. The molecular formula is C12H26N4O. The summed E-state index contributed by atoms with van der Waals surface area (Å²) in [4.78, 5) is 16.0. The quantitative estimate of drug-likeness (QED) is 0.736. The highest BCUT2D eigenvalue weighted by Gasteiger charge is 2.21. The number of nitrogens with one attached hydrogen (secondary N) is 1. The van der Waals surface area contributed by atoms with Gasteiger partial charge in [0.15, 0.2) is 0 Å². The summed E-state index contributed by atoms with van der Waals surface area (Å²) in [6.45, 7) is 9.33. The number of carbonyl (C=O) groups is 1. The van der Waals surface area contributed by atoms with Crippen LogP contribution in [0.2, 0.25) is 0 Å². The Morgan fingerprint density at radius 3 is 2.41 bits per heavy atom. The van der Waals surface area contributed by atoms with Crippen molar-refractivity contribution in [3.8, 4) is 0 Å². The number of amides is 2. The second-order valence-electron chi connectivity index (χ2n) is 4.53. The molecule has 5 heteroatoms. The molecule has 100 valence electrons. The number of hydrogen-bond donors (Lipinski definition) is 2. The number of nitrogens with two attached hydrogens (primary N) is 1. The average molecular weight is 242 g/mol. The molecule has 1 rings (SSSR count). The van der Waals surface area contributed by atoms with E-state index in [2.05, 4.69) is 10.2 Å². The standard InChI is InChI=1S/C12H26N4O/c1-3-16(4-2)12(17)14-11-5-8-15(9-6-11)10-7-13/h11H,3-10,13H2,1-2H3,(H,14,17). The van der Waals surface area contributed by atoms with E-state index in [1.165, 1.54) is 0 Å². The van der Waals surface area contributed by atoms with Crippen molar-refractivity contribution in [2.24, 2.45) is 5.73 Å². The smallest absolute Gasteiger partial charge is 0.317 e. The second kappa shape index (κ2) is 7.50. The number of nitrogens with zero attached hydrogens (tertiary/aromatic N) is 2. The van der Waals surface area contributed by atoms with E-state index in [9.17, 15) is 4.79 Å². The topological polar surface area (TPSA) is 61.6 Å². The van der Waals surface area contributed by atoms with E-state index in [-0.39, 0.29) is 6.03 Å². The van der Waals surface area contributed by atoms with E-state index in [4.69, 9.17) is 5.73 Å². The molecule has 0 aliphatic carbocycles. The van der Waals surface area contributed by atoms with Crippen LogP contribution in [0.1, 0.15) is 26.7 Å². The third kappa shape index (κ3) is 4.52. The van der Waals surface area contributed by atoms with Crippen molar-refractivity contribution in [2.75, 3.05) is 39.3 Å². The summed E-state index contributed by atoms with van der Waals surface area (Å²) in [5, 5.41) is 3.11. The zero-order valence-corrected chi connectivity index (χ0v) is 11.1. The van der Waals surface area contributed by atoms with Gasteiger partial charge in [-0.2, -0.15) is 0 Å². The number of hydrogen-bond acceptors (Lipinski definition) is 3. The summed E-state index contributed by atoms with van der Waals surface area (Å²) >= 11 is 0. The normalized spacial score (nSPS) is 18.1. The SMILES string of the molecule is CCN(CC)C(=O)NC1CCN(CCN)CC1. The summed E-state index contributed by atoms with van der Waals surface area (Å²) in [7, 11) is 0. The number of carbonyl (C=O) groups excluding carboxylic acids is 1. The van der Waals surface area contributed by atoms with E-state index in [1.54, 1.807) is 0 Å². The fourth-order valence-corrected chi connectivity index (χ4v) is 2.26. The van der Waals surface area contributed by atoms with E-state index in [0.717, 1.165) is 52.1 Å².